The number of aryl methyl sites for hydroxylation is 1. The van der Waals surface area contributed by atoms with E-state index in [-0.39, 0.29) is 0 Å². The summed E-state index contributed by atoms with van der Waals surface area (Å²) in [6.07, 6.45) is 6.05. The Hall–Kier alpha value is -1.81. The smallest absolute Gasteiger partial charge is 0.119 e. The summed E-state index contributed by atoms with van der Waals surface area (Å²) in [7, 11) is 0. The van der Waals surface area contributed by atoms with E-state index >= 15 is 0 Å². The van der Waals surface area contributed by atoms with Crippen LogP contribution in [0.3, 0.4) is 0 Å². The largest absolute Gasteiger partial charge is 0.494 e. The molecule has 114 valence electrons. The minimum atomic E-state index is -0.510. The first kappa shape index (κ1) is 15.6. The lowest BCUT2D eigenvalue weighted by molar-refractivity contribution is 0.178. The minimum absolute atomic E-state index is 0.510. The average Bonchev–Trinajstić information content (AvgIpc) is 2.96. The Kier molecular flexibility index (Phi) is 5.81. The molecule has 4 nitrogen and oxygen atoms in total. The van der Waals surface area contributed by atoms with Crippen LogP contribution in [0.15, 0.2) is 36.7 Å². The number of hydrogen-bond acceptors (Lipinski definition) is 3. The van der Waals surface area contributed by atoms with Crippen molar-refractivity contribution in [3.8, 4) is 5.75 Å². The summed E-state index contributed by atoms with van der Waals surface area (Å²) in [5, 5.41) is 14.5. The number of ether oxygens (including phenoxy) is 1. The van der Waals surface area contributed by atoms with Crippen molar-refractivity contribution in [1.29, 1.82) is 0 Å². The van der Waals surface area contributed by atoms with Crippen LogP contribution in [0.25, 0.3) is 0 Å². The van der Waals surface area contributed by atoms with E-state index in [1.165, 1.54) is 0 Å². The van der Waals surface area contributed by atoms with Gasteiger partial charge in [0.05, 0.1) is 18.9 Å². The Labute approximate surface area is 126 Å². The quantitative estimate of drug-likeness (QED) is 0.758. The van der Waals surface area contributed by atoms with Crippen molar-refractivity contribution in [2.24, 2.45) is 0 Å². The molecule has 0 aliphatic heterocycles. The minimum Gasteiger partial charge on any atom is -0.494 e. The maximum Gasteiger partial charge on any atom is 0.119 e. The number of hydrogen-bond donors (Lipinski definition) is 1. The molecule has 0 fully saturated rings. The van der Waals surface area contributed by atoms with Gasteiger partial charge in [0.15, 0.2) is 0 Å². The molecule has 0 aliphatic carbocycles. The van der Waals surface area contributed by atoms with E-state index in [2.05, 4.69) is 12.0 Å². The second kappa shape index (κ2) is 7.84. The predicted octanol–water partition coefficient (Wildman–Crippen LogP) is 3.36. The lowest BCUT2D eigenvalue weighted by atomic mass is 10.0. The van der Waals surface area contributed by atoms with Crippen LogP contribution in [0.1, 0.15) is 43.9 Å². The van der Waals surface area contributed by atoms with E-state index in [0.717, 1.165) is 42.9 Å². The third kappa shape index (κ3) is 4.60. The lowest BCUT2D eigenvalue weighted by Gasteiger charge is -2.11. The Bertz CT molecular complexity index is 534. The summed E-state index contributed by atoms with van der Waals surface area (Å²) >= 11 is 0. The average molecular weight is 288 g/mol. The zero-order valence-electron chi connectivity index (χ0n) is 12.8. The van der Waals surface area contributed by atoms with Crippen LogP contribution in [-0.4, -0.2) is 21.5 Å². The van der Waals surface area contributed by atoms with Gasteiger partial charge in [-0.3, -0.25) is 4.68 Å². The van der Waals surface area contributed by atoms with Crippen molar-refractivity contribution >= 4 is 0 Å². The molecule has 2 aromatic rings. The maximum absolute atomic E-state index is 10.3. The molecule has 1 aromatic heterocycles. The number of aliphatic hydroxyl groups is 1. The summed E-state index contributed by atoms with van der Waals surface area (Å²) in [5.41, 5.74) is 1.95. The predicted molar refractivity (Wildman–Crippen MR) is 83.4 cm³/mol. The molecular weight excluding hydrogens is 264 g/mol. The van der Waals surface area contributed by atoms with Crippen molar-refractivity contribution in [3.63, 3.8) is 0 Å². The Morgan fingerprint density at radius 3 is 2.62 bits per heavy atom. The number of rotatable bonds is 8. The van der Waals surface area contributed by atoms with Gasteiger partial charge < -0.3 is 9.84 Å². The number of benzene rings is 1. The molecule has 1 aromatic carbocycles. The van der Waals surface area contributed by atoms with E-state index in [9.17, 15) is 5.11 Å². The van der Waals surface area contributed by atoms with E-state index < -0.39 is 6.10 Å². The van der Waals surface area contributed by atoms with Gasteiger partial charge in [-0.2, -0.15) is 5.10 Å². The van der Waals surface area contributed by atoms with Crippen molar-refractivity contribution in [2.45, 2.75) is 45.8 Å². The standard InChI is InChI=1S/C17H24N2O2/c1-3-5-10-21-16-8-6-15(7-9-16)17(20)11-14-12-18-19(4-2)13-14/h6-9,12-13,17,20H,3-5,10-11H2,1-2H3. The van der Waals surface area contributed by atoms with Crippen LogP contribution in [0.4, 0.5) is 0 Å². The van der Waals surface area contributed by atoms with Crippen molar-refractivity contribution in [3.05, 3.63) is 47.8 Å². The van der Waals surface area contributed by atoms with Crippen LogP contribution >= 0.6 is 0 Å². The Balaban J connectivity index is 1.91. The molecule has 1 N–H and O–H groups in total. The van der Waals surface area contributed by atoms with Crippen LogP contribution in [0, 0.1) is 0 Å². The highest BCUT2D eigenvalue weighted by atomic mass is 16.5. The third-order valence-corrected chi connectivity index (χ3v) is 3.47. The highest BCUT2D eigenvalue weighted by Crippen LogP contribution is 2.21. The number of aromatic nitrogens is 2. The molecule has 0 amide bonds. The van der Waals surface area contributed by atoms with Crippen molar-refractivity contribution in [1.82, 2.24) is 9.78 Å². The van der Waals surface area contributed by atoms with Gasteiger partial charge in [0.2, 0.25) is 0 Å². The fraction of sp³-hybridized carbons (Fsp3) is 0.471. The van der Waals surface area contributed by atoms with Crippen LogP contribution in [0.2, 0.25) is 0 Å². The van der Waals surface area contributed by atoms with E-state index in [1.807, 2.05) is 48.3 Å². The zero-order chi connectivity index (χ0) is 15.1. The first-order valence-electron chi connectivity index (χ1n) is 7.65. The molecule has 0 spiro atoms. The zero-order valence-corrected chi connectivity index (χ0v) is 12.8. The highest BCUT2D eigenvalue weighted by molar-refractivity contribution is 5.29. The molecule has 1 unspecified atom stereocenters. The first-order valence-corrected chi connectivity index (χ1v) is 7.65. The fourth-order valence-electron chi connectivity index (χ4n) is 2.15. The number of unbranched alkanes of at least 4 members (excludes halogenated alkanes) is 1. The van der Waals surface area contributed by atoms with Gasteiger partial charge >= 0.3 is 0 Å². The van der Waals surface area contributed by atoms with Crippen molar-refractivity contribution < 1.29 is 9.84 Å². The Morgan fingerprint density at radius 1 is 1.24 bits per heavy atom. The van der Waals surface area contributed by atoms with E-state index in [4.69, 9.17) is 4.74 Å². The lowest BCUT2D eigenvalue weighted by Crippen LogP contribution is -2.02. The molecule has 1 heterocycles. The van der Waals surface area contributed by atoms with Crippen LogP contribution in [-0.2, 0) is 13.0 Å². The van der Waals surface area contributed by atoms with E-state index in [1.54, 1.807) is 0 Å². The second-order valence-corrected chi connectivity index (χ2v) is 5.20. The highest BCUT2D eigenvalue weighted by Gasteiger charge is 2.10. The summed E-state index contributed by atoms with van der Waals surface area (Å²) < 4.78 is 7.49. The first-order chi connectivity index (χ1) is 10.2. The fourth-order valence-corrected chi connectivity index (χ4v) is 2.15. The number of nitrogens with zero attached hydrogens (tertiary/aromatic N) is 2. The van der Waals surface area contributed by atoms with Crippen LogP contribution < -0.4 is 4.74 Å². The SMILES string of the molecule is CCCCOc1ccc(C(O)Cc2cnn(CC)c2)cc1. The molecule has 4 heteroatoms. The molecule has 0 saturated carbocycles. The summed E-state index contributed by atoms with van der Waals surface area (Å²) in [6.45, 7) is 5.78. The summed E-state index contributed by atoms with van der Waals surface area (Å²) in [4.78, 5) is 0. The topological polar surface area (TPSA) is 47.3 Å². The van der Waals surface area contributed by atoms with Gasteiger partial charge in [-0.15, -0.1) is 0 Å². The summed E-state index contributed by atoms with van der Waals surface area (Å²) in [6, 6.07) is 7.69. The Morgan fingerprint density at radius 2 is 2.00 bits per heavy atom. The van der Waals surface area contributed by atoms with Gasteiger partial charge in [0.25, 0.3) is 0 Å². The monoisotopic (exact) mass is 288 g/mol. The molecule has 1 atom stereocenters. The van der Waals surface area contributed by atoms with E-state index in [0.29, 0.717) is 6.42 Å². The molecule has 0 aliphatic rings. The van der Waals surface area contributed by atoms with Gasteiger partial charge in [-0.05, 0) is 36.6 Å². The third-order valence-electron chi connectivity index (χ3n) is 3.47. The van der Waals surface area contributed by atoms with Gasteiger partial charge in [0.1, 0.15) is 5.75 Å². The molecular formula is C17H24N2O2. The molecule has 21 heavy (non-hydrogen) atoms. The summed E-state index contributed by atoms with van der Waals surface area (Å²) in [5.74, 6) is 0.859. The number of aliphatic hydroxyl groups excluding tert-OH is 1. The normalized spacial score (nSPS) is 12.3. The van der Waals surface area contributed by atoms with Gasteiger partial charge in [-0.1, -0.05) is 25.5 Å². The van der Waals surface area contributed by atoms with Gasteiger partial charge in [-0.25, -0.2) is 0 Å². The molecule has 2 rings (SSSR count). The molecule has 0 saturated heterocycles. The van der Waals surface area contributed by atoms with Crippen molar-refractivity contribution in [2.75, 3.05) is 6.61 Å². The molecule has 0 radical (unpaired) electrons. The van der Waals surface area contributed by atoms with Crippen LogP contribution in [0.5, 0.6) is 5.75 Å². The van der Waals surface area contributed by atoms with Gasteiger partial charge in [0, 0.05) is 19.2 Å². The molecule has 0 bridgehead atoms. The second-order valence-electron chi connectivity index (χ2n) is 5.20. The maximum atomic E-state index is 10.3.